The number of hydrogen-bond donors (Lipinski definition) is 0. The quantitative estimate of drug-likeness (QED) is 0.108. The number of aromatic nitrogens is 2. The fraction of sp³-hybridized carbons (Fsp3) is 0.213. The van der Waals surface area contributed by atoms with Crippen LogP contribution in [0.25, 0.3) is 49.9 Å². The number of aryl methyl sites for hydroxylation is 1. The minimum Gasteiger partial charge on any atom is -0.517 e. The minimum atomic E-state index is -3.69. The Kier molecular flexibility index (Phi) is 8.51. The Morgan fingerprint density at radius 2 is 1.61 bits per heavy atom. The number of anilines is 3. The summed E-state index contributed by atoms with van der Waals surface area (Å²) in [7, 11) is 0. The second-order valence-electron chi connectivity index (χ2n) is 17.3. The van der Waals surface area contributed by atoms with Crippen LogP contribution in [0.3, 0.4) is 0 Å². The zero-order chi connectivity index (χ0) is 59.9. The molecule has 0 saturated carbocycles. The predicted molar refractivity (Wildman–Crippen MR) is 275 cm³/mol. The van der Waals surface area contributed by atoms with Crippen LogP contribution in [0.15, 0.2) is 164 Å². The molecule has 3 heterocycles. The van der Waals surface area contributed by atoms with Crippen LogP contribution in [0.1, 0.15) is 92.0 Å². The number of rotatable bonds is 13. The van der Waals surface area contributed by atoms with E-state index in [9.17, 15) is 2.74 Å². The van der Waals surface area contributed by atoms with Crippen molar-refractivity contribution >= 4 is 38.9 Å². The summed E-state index contributed by atoms with van der Waals surface area (Å²) in [4.78, 5) is 8.79. The number of para-hydroxylation sites is 3. The number of ether oxygens (including phenoxy) is 1. The average molecular weight is 1070 g/mol. The van der Waals surface area contributed by atoms with Crippen molar-refractivity contribution in [3.05, 3.63) is 210 Å². The van der Waals surface area contributed by atoms with Gasteiger partial charge in [0, 0.05) is 71.9 Å². The molecule has 0 fully saturated rings. The molecular weight excluding hydrogens is 1000 g/mol. The molecule has 0 radical (unpaired) electrons. The molecule has 0 atom stereocenters. The van der Waals surface area contributed by atoms with E-state index in [0.717, 1.165) is 38.8 Å². The van der Waals surface area contributed by atoms with Gasteiger partial charge < -0.3 is 19.1 Å². The molecule has 67 heavy (non-hydrogen) atoms. The fourth-order valence-electron chi connectivity index (χ4n) is 8.73. The maximum Gasteiger partial charge on any atom is 0.135 e. The topological polar surface area (TPSA) is 33.5 Å². The van der Waals surface area contributed by atoms with Crippen LogP contribution in [-0.2, 0) is 45.9 Å². The van der Waals surface area contributed by atoms with Crippen molar-refractivity contribution in [2.45, 2.75) is 72.6 Å². The Morgan fingerprint density at radius 3 is 2.45 bits per heavy atom. The van der Waals surface area contributed by atoms with Crippen molar-refractivity contribution in [3.63, 3.8) is 0 Å². The molecule has 10 rings (SSSR count). The SMILES string of the molecule is [2H]c1c([2H])c([2H])c(-c2cccc(C([2H])([2H])C([2H])(C([2H])([2H])[2H])C([2H])([2H])[2H])c2CCCN2[CH-]N(c3[c-]c(COc4[c-]c5c(cc4)c4ccccc4n5-c4cc(C([2H])([2H])[2H])c(-c5cccc(C(C)(C)C)c5)cn4)ccc3)c3ccccc32)c([2H])c1[2H].[Pt]. The summed E-state index contributed by atoms with van der Waals surface area (Å²) in [6.07, 6.45) is -1.67. The summed E-state index contributed by atoms with van der Waals surface area (Å²) >= 11 is 0. The molecule has 5 nitrogen and oxygen atoms in total. The van der Waals surface area contributed by atoms with Gasteiger partial charge >= 0.3 is 0 Å². The molecule has 0 aliphatic carbocycles. The molecule has 1 aliphatic heterocycles. The first-order chi connectivity index (χ1) is 38.9. The van der Waals surface area contributed by atoms with E-state index in [0.29, 0.717) is 33.9 Å². The van der Waals surface area contributed by atoms with Gasteiger partial charge in [0.2, 0.25) is 0 Å². The van der Waals surface area contributed by atoms with E-state index in [4.69, 9.17) is 30.3 Å². The van der Waals surface area contributed by atoms with Crippen LogP contribution in [0.2, 0.25) is 0 Å². The number of fused-ring (bicyclic) bond motifs is 4. The molecule has 9 aromatic rings. The van der Waals surface area contributed by atoms with Gasteiger partial charge in [-0.2, -0.15) is 37.0 Å². The first kappa shape index (κ1) is 29.4. The summed E-state index contributed by atoms with van der Waals surface area (Å²) in [6, 6.07) is 42.1. The zero-order valence-corrected chi connectivity index (χ0v) is 39.4. The summed E-state index contributed by atoms with van der Waals surface area (Å²) in [5, 5.41) is 1.79. The van der Waals surface area contributed by atoms with E-state index in [1.54, 1.807) is 12.3 Å². The van der Waals surface area contributed by atoms with Gasteiger partial charge in [0.1, 0.15) is 5.82 Å². The molecule has 6 heteroatoms. The molecule has 1 aliphatic rings. The van der Waals surface area contributed by atoms with Crippen LogP contribution in [-0.4, -0.2) is 16.1 Å². The van der Waals surface area contributed by atoms with Crippen LogP contribution in [0.5, 0.6) is 5.75 Å². The predicted octanol–water partition coefficient (Wildman–Crippen LogP) is 15.2. The third-order valence-electron chi connectivity index (χ3n) is 11.9. The number of nitrogens with zero attached hydrogens (tertiary/aromatic N) is 4. The fourth-order valence-corrected chi connectivity index (χ4v) is 8.73. The van der Waals surface area contributed by atoms with Crippen molar-refractivity contribution in [1.29, 1.82) is 0 Å². The van der Waals surface area contributed by atoms with Gasteiger partial charge in [-0.1, -0.05) is 143 Å². The Hall–Kier alpha value is -6.42. The van der Waals surface area contributed by atoms with Crippen LogP contribution < -0.4 is 14.5 Å². The monoisotopic (exact) mass is 1070 g/mol. The molecule has 2 aromatic heterocycles. The van der Waals surface area contributed by atoms with Gasteiger partial charge in [-0.15, -0.1) is 28.8 Å². The van der Waals surface area contributed by atoms with Crippen LogP contribution >= 0.6 is 0 Å². The van der Waals surface area contributed by atoms with Gasteiger partial charge in [-0.3, -0.25) is 0 Å². The first-order valence-electron chi connectivity index (χ1n) is 30.3. The number of benzene rings is 7. The van der Waals surface area contributed by atoms with Gasteiger partial charge in [0.15, 0.2) is 0 Å². The molecule has 340 valence electrons. The third-order valence-corrected chi connectivity index (χ3v) is 11.9. The summed E-state index contributed by atoms with van der Waals surface area (Å²) in [6.45, 7) is -1.26. The molecule has 7 aromatic carbocycles. The molecule has 0 amide bonds. The van der Waals surface area contributed by atoms with E-state index in [1.165, 1.54) is 18.2 Å². The second kappa shape index (κ2) is 19.4. The van der Waals surface area contributed by atoms with E-state index < -0.39 is 68.6 Å². The summed E-state index contributed by atoms with van der Waals surface area (Å²) in [5.41, 5.74) is 5.98. The third kappa shape index (κ3) is 9.45. The Labute approximate surface area is 435 Å². The van der Waals surface area contributed by atoms with Gasteiger partial charge in [-0.25, -0.2) is 4.98 Å². The Balaban J connectivity index is 0.00000846. The summed E-state index contributed by atoms with van der Waals surface area (Å²) < 4.78 is 153. The Bertz CT molecular complexity index is 3940. The average Bonchev–Trinajstić information content (AvgIpc) is 0.979. The molecule has 0 bridgehead atoms. The maximum atomic E-state index is 9.24. The van der Waals surface area contributed by atoms with E-state index >= 15 is 0 Å². The molecule has 0 N–H and O–H groups in total. The number of pyridine rings is 1. The normalized spacial score (nSPS) is 17.1. The van der Waals surface area contributed by atoms with Gasteiger partial charge in [0.25, 0.3) is 0 Å². The van der Waals surface area contributed by atoms with Crippen molar-refractivity contribution in [3.8, 4) is 33.8 Å². The summed E-state index contributed by atoms with van der Waals surface area (Å²) in [5.74, 6) is -2.86. The first-order valence-corrected chi connectivity index (χ1v) is 21.8. The van der Waals surface area contributed by atoms with Crippen molar-refractivity contribution in [2.75, 3.05) is 16.3 Å². The van der Waals surface area contributed by atoms with E-state index in [-0.39, 0.29) is 74.7 Å². The van der Waals surface area contributed by atoms with Gasteiger partial charge in [-0.05, 0) is 113 Å². The molecular formula is C61H57N4OPt-3. The molecule has 0 unspecified atom stereocenters. The molecule has 0 saturated heterocycles. The van der Waals surface area contributed by atoms with Crippen LogP contribution in [0, 0.1) is 31.5 Å². The zero-order valence-electron chi connectivity index (χ0n) is 54.1. The van der Waals surface area contributed by atoms with Gasteiger partial charge in [0.05, 0.1) is 13.5 Å². The largest absolute Gasteiger partial charge is 0.517 e. The smallest absolute Gasteiger partial charge is 0.135 e. The molecule has 0 spiro atoms. The maximum absolute atomic E-state index is 9.24. The second-order valence-corrected chi connectivity index (χ2v) is 17.3. The van der Waals surface area contributed by atoms with Crippen molar-refractivity contribution < 1.29 is 49.1 Å². The minimum absolute atomic E-state index is 0. The standard InChI is InChI=1S/C61H57N4O.Pt/c1-42(2)34-46-22-16-26-51(45-19-8-7-9-20-45)52(46)27-17-33-63-41-64(58-30-13-12-29-57(58)63)49-24-14-18-44(36-49)40-66-50-31-32-54-53-25-10-11-28-56(53)65(59(54)38-50)60-35-43(3)55(39-62-60)47-21-15-23-48(37-47)61(4,5)6;/h7-16,18-26,28-32,35,37,39,41-42H,17,27,33-34,40H2,1-6H3;/q-3;/i1D3,2D3,3D3,7D,8D,9D,19D,20D,34D2,42D;. The number of hydrogen-bond acceptors (Lipinski definition) is 4. The van der Waals surface area contributed by atoms with E-state index in [1.807, 2.05) is 124 Å². The Morgan fingerprint density at radius 1 is 0.806 bits per heavy atom. The van der Waals surface area contributed by atoms with E-state index in [2.05, 4.69) is 32.9 Å². The van der Waals surface area contributed by atoms with Crippen molar-refractivity contribution in [2.24, 2.45) is 5.89 Å². The van der Waals surface area contributed by atoms with Crippen LogP contribution in [0.4, 0.5) is 17.1 Å². The van der Waals surface area contributed by atoms with Crippen molar-refractivity contribution in [1.82, 2.24) is 9.55 Å².